The minimum Gasteiger partial charge on any atom is -0.493 e. The first-order valence-corrected chi connectivity index (χ1v) is 19.4. The third kappa shape index (κ3) is 9.38. The molecule has 3 aliphatic rings. The van der Waals surface area contributed by atoms with Crippen LogP contribution in [0.4, 0.5) is 10.5 Å². The zero-order chi connectivity index (χ0) is 39.0. The number of carbonyl (C=O) groups excluding carboxylic acids is 2. The molecule has 0 unspecified atom stereocenters. The van der Waals surface area contributed by atoms with Crippen LogP contribution in [0.25, 0.3) is 0 Å². The number of esters is 1. The highest BCUT2D eigenvalue weighted by Gasteiger charge is 2.37. The smallest absolute Gasteiger partial charge is 0.414 e. The predicted molar refractivity (Wildman–Crippen MR) is 214 cm³/mol. The Balaban J connectivity index is 0.976. The molecule has 8 rings (SSSR count). The number of methoxy groups -OCH3 is 2. The molecule has 2 atom stereocenters. The zero-order valence-corrected chi connectivity index (χ0v) is 32.8. The van der Waals surface area contributed by atoms with Gasteiger partial charge < -0.3 is 23.7 Å². The maximum atomic E-state index is 13.6. The Morgan fingerprint density at radius 1 is 0.839 bits per heavy atom. The van der Waals surface area contributed by atoms with E-state index in [2.05, 4.69) is 9.88 Å². The van der Waals surface area contributed by atoms with Crippen molar-refractivity contribution in [1.82, 2.24) is 4.90 Å². The molecule has 0 spiro atoms. The maximum Gasteiger partial charge on any atom is 0.414 e. The highest BCUT2D eigenvalue weighted by molar-refractivity contribution is 6.35. The van der Waals surface area contributed by atoms with Crippen molar-refractivity contribution in [3.05, 3.63) is 147 Å². The lowest BCUT2D eigenvalue weighted by Gasteiger charge is -2.44. The average molecular weight is 798 g/mol. The van der Waals surface area contributed by atoms with Gasteiger partial charge in [-0.25, -0.2) is 14.6 Å². The van der Waals surface area contributed by atoms with Gasteiger partial charge in [0.2, 0.25) is 0 Å². The number of H-pyrrole nitrogens is 1. The van der Waals surface area contributed by atoms with Gasteiger partial charge in [-0.1, -0.05) is 71.7 Å². The Kier molecular flexibility index (Phi) is 12.6. The summed E-state index contributed by atoms with van der Waals surface area (Å²) in [6, 6.07) is 29.7. The highest BCUT2D eigenvalue weighted by Crippen LogP contribution is 2.36. The van der Waals surface area contributed by atoms with Crippen LogP contribution in [0.15, 0.2) is 109 Å². The number of halogens is 2. The Hall–Kier alpha value is -5.29. The van der Waals surface area contributed by atoms with Crippen molar-refractivity contribution in [3.8, 4) is 17.2 Å². The van der Waals surface area contributed by atoms with Gasteiger partial charge in [0, 0.05) is 24.2 Å². The number of piperidine rings is 3. The van der Waals surface area contributed by atoms with E-state index in [9.17, 15) is 9.59 Å². The fourth-order valence-electron chi connectivity index (χ4n) is 7.22. The van der Waals surface area contributed by atoms with E-state index in [0.29, 0.717) is 56.4 Å². The number of para-hydroxylation sites is 1. The van der Waals surface area contributed by atoms with Gasteiger partial charge in [-0.2, -0.15) is 0 Å². The van der Waals surface area contributed by atoms with E-state index in [4.69, 9.17) is 46.9 Å². The second-order valence-electron chi connectivity index (χ2n) is 14.0. The van der Waals surface area contributed by atoms with Gasteiger partial charge in [0.1, 0.15) is 34.6 Å². The number of benzene rings is 4. The number of nitrogens with one attached hydrogen (secondary N) is 1. The topological polar surface area (TPSA) is 101 Å². The molecule has 290 valence electrons. The molecule has 1 N–H and O–H groups in total. The van der Waals surface area contributed by atoms with Crippen molar-refractivity contribution >= 4 is 41.0 Å². The molecule has 4 heterocycles. The van der Waals surface area contributed by atoms with Crippen molar-refractivity contribution < 1.29 is 38.3 Å². The van der Waals surface area contributed by atoms with Crippen LogP contribution >= 0.6 is 23.2 Å². The molecule has 0 saturated carbocycles. The number of nitrogens with zero attached hydrogens (tertiary/aromatic N) is 2. The fourth-order valence-corrected chi connectivity index (χ4v) is 7.75. The van der Waals surface area contributed by atoms with Crippen LogP contribution in [0.3, 0.4) is 0 Å². The summed E-state index contributed by atoms with van der Waals surface area (Å²) in [5.74, 6) is 1.63. The summed E-state index contributed by atoms with van der Waals surface area (Å²) in [7, 11) is 3.10. The van der Waals surface area contributed by atoms with Crippen molar-refractivity contribution in [2.45, 2.75) is 44.6 Å². The predicted octanol–water partition coefficient (Wildman–Crippen LogP) is 8.78. The van der Waals surface area contributed by atoms with Gasteiger partial charge >= 0.3 is 12.1 Å². The fraction of sp³-hybridized carbons (Fsp3) is 0.295. The first-order valence-electron chi connectivity index (χ1n) is 18.6. The van der Waals surface area contributed by atoms with Crippen LogP contribution < -0.4 is 24.1 Å². The summed E-state index contributed by atoms with van der Waals surface area (Å²) in [4.78, 5) is 34.1. The monoisotopic (exact) mass is 796 g/mol. The molecule has 12 heteroatoms. The molecule has 0 radical (unpaired) electrons. The minimum atomic E-state index is -0.735. The molecule has 3 aliphatic heterocycles. The second kappa shape index (κ2) is 18.1. The van der Waals surface area contributed by atoms with E-state index in [-0.39, 0.29) is 25.2 Å². The molecule has 56 heavy (non-hydrogen) atoms. The van der Waals surface area contributed by atoms with Crippen molar-refractivity contribution in [2.75, 3.05) is 38.8 Å². The normalized spacial score (nSPS) is 17.8. The molecule has 3 saturated heterocycles. The van der Waals surface area contributed by atoms with Crippen LogP contribution in [0.5, 0.6) is 17.2 Å². The number of ether oxygens (including phenoxy) is 5. The molecule has 0 aliphatic carbocycles. The van der Waals surface area contributed by atoms with Crippen LogP contribution in [-0.2, 0) is 29.0 Å². The van der Waals surface area contributed by atoms with Gasteiger partial charge in [0.05, 0.1) is 26.3 Å². The lowest BCUT2D eigenvalue weighted by Crippen LogP contribution is -2.53. The first-order chi connectivity index (χ1) is 27.3. The largest absolute Gasteiger partial charge is 0.493 e. The molecular formula is C44H44Cl2N3O7+. The zero-order valence-electron chi connectivity index (χ0n) is 31.3. The average Bonchev–Trinajstić information content (AvgIpc) is 3.24. The molecule has 5 aromatic rings. The van der Waals surface area contributed by atoms with Crippen molar-refractivity contribution in [1.29, 1.82) is 0 Å². The summed E-state index contributed by atoms with van der Waals surface area (Å²) in [6.07, 6.45) is 4.49. The number of rotatable bonds is 14. The number of pyridine rings is 1. The molecule has 4 aromatic carbocycles. The summed E-state index contributed by atoms with van der Waals surface area (Å²) >= 11 is 13.0. The van der Waals surface area contributed by atoms with E-state index < -0.39 is 12.1 Å². The summed E-state index contributed by atoms with van der Waals surface area (Å²) < 4.78 is 29.2. The summed E-state index contributed by atoms with van der Waals surface area (Å²) in [5, 5.41) is 0.846. The Morgan fingerprint density at radius 2 is 1.52 bits per heavy atom. The van der Waals surface area contributed by atoms with E-state index in [1.807, 2.05) is 72.8 Å². The lowest BCUT2D eigenvalue weighted by atomic mass is 9.86. The maximum absolute atomic E-state index is 13.6. The van der Waals surface area contributed by atoms with Crippen LogP contribution in [-0.4, -0.2) is 56.9 Å². The number of amides is 1. The third-order valence-corrected chi connectivity index (χ3v) is 11.1. The van der Waals surface area contributed by atoms with E-state index >= 15 is 0 Å². The second-order valence-corrected chi connectivity index (χ2v) is 14.8. The Bertz CT molecular complexity index is 2090. The number of aromatic nitrogens is 1. The number of fused-ring (bicyclic) bond motifs is 3. The third-order valence-electron chi connectivity index (χ3n) is 10.4. The Morgan fingerprint density at radius 3 is 2.16 bits per heavy atom. The standard InChI is InChI=1S/C44H43Cl2N3O7/c1-52-39-17-14-33(22-41(39)53-2)40(23-36-37(45)24-47-25-38(36)46)55-43(50)32-12-8-30(9-13-32)28-54-35-15-10-29(11-16-35)26-49(34-6-4-3-5-7-34)44(51)56-42-27-48-20-18-31(42)19-21-48/h3-17,22,24-25,31,40,42H,18-21,23,26-28H2,1-2H3/p+1/t40-,42-/m0/s1. The molecular weight excluding hydrogens is 753 g/mol. The van der Waals surface area contributed by atoms with Gasteiger partial charge in [0.25, 0.3) is 0 Å². The SMILES string of the molecule is COc1ccc([C@H](Cc2c(Cl)c[nH+]cc2Cl)OC(=O)c2ccc(COc3ccc(CN(C(=O)O[C@H]4CN5CCC4CC5)c4ccccc4)cc3)cc2)cc1OC. The van der Waals surface area contributed by atoms with Crippen LogP contribution in [0.2, 0.25) is 10.0 Å². The number of hydrogen-bond donors (Lipinski definition) is 0. The summed E-state index contributed by atoms with van der Waals surface area (Å²) in [6.45, 7) is 3.62. The first kappa shape index (κ1) is 39.0. The van der Waals surface area contributed by atoms with Gasteiger partial charge in [-0.05, 0) is 97.1 Å². The molecule has 1 amide bonds. The van der Waals surface area contributed by atoms with Gasteiger partial charge in [0.15, 0.2) is 23.9 Å². The van der Waals surface area contributed by atoms with Gasteiger partial charge in [-0.3, -0.25) is 9.80 Å². The van der Waals surface area contributed by atoms with E-state index in [1.165, 1.54) is 0 Å². The van der Waals surface area contributed by atoms with Crippen LogP contribution in [0, 0.1) is 5.92 Å². The molecule has 2 bridgehead atoms. The molecule has 3 fully saturated rings. The number of aromatic amines is 1. The highest BCUT2D eigenvalue weighted by atomic mass is 35.5. The summed E-state index contributed by atoms with van der Waals surface area (Å²) in [5.41, 5.74) is 4.28. The van der Waals surface area contributed by atoms with E-state index in [1.54, 1.807) is 55.8 Å². The number of carbonyl (C=O) groups is 2. The number of hydrogen-bond acceptors (Lipinski definition) is 8. The van der Waals surface area contributed by atoms with Crippen LogP contribution in [0.1, 0.15) is 51.6 Å². The lowest BCUT2D eigenvalue weighted by molar-refractivity contribution is -0.377. The minimum absolute atomic E-state index is 0.0783. The molecule has 10 nitrogen and oxygen atoms in total. The van der Waals surface area contributed by atoms with E-state index in [0.717, 1.165) is 49.3 Å². The Labute approximate surface area is 336 Å². The quantitative estimate of drug-likeness (QED) is 0.103. The number of anilines is 1. The molecule has 1 aromatic heterocycles. The van der Waals surface area contributed by atoms with Crippen molar-refractivity contribution in [2.24, 2.45) is 5.92 Å². The van der Waals surface area contributed by atoms with Crippen molar-refractivity contribution in [3.63, 3.8) is 0 Å². The van der Waals surface area contributed by atoms with Gasteiger partial charge in [-0.15, -0.1) is 0 Å².